The van der Waals surface area contributed by atoms with Gasteiger partial charge in [-0.2, -0.15) is 0 Å². The summed E-state index contributed by atoms with van der Waals surface area (Å²) in [4.78, 5) is 0. The maximum Gasteiger partial charge on any atom is 0.175 e. The van der Waals surface area contributed by atoms with Crippen molar-refractivity contribution >= 4 is 34.9 Å². The van der Waals surface area contributed by atoms with Crippen LogP contribution in [0.3, 0.4) is 0 Å². The minimum absolute atomic E-state index is 0.0193. The first-order valence-corrected chi connectivity index (χ1v) is 8.14. The Kier molecular flexibility index (Phi) is 5.37. The lowest BCUT2D eigenvalue weighted by atomic mass is 10.4. The van der Waals surface area contributed by atoms with E-state index in [4.69, 9.17) is 9.47 Å². The normalized spacial score (nSPS) is 17.8. The largest absolute Gasteiger partial charge is 0.353 e. The van der Waals surface area contributed by atoms with Gasteiger partial charge in [0, 0.05) is 12.2 Å². The molecule has 1 aliphatic heterocycles. The zero-order valence-electron chi connectivity index (χ0n) is 9.05. The summed E-state index contributed by atoms with van der Waals surface area (Å²) in [6, 6.07) is 0. The molecule has 1 aliphatic rings. The summed E-state index contributed by atoms with van der Waals surface area (Å²) in [5.74, 6) is 0.966. The van der Waals surface area contributed by atoms with Gasteiger partial charge in [-0.1, -0.05) is 34.9 Å². The van der Waals surface area contributed by atoms with E-state index >= 15 is 0 Å². The maximum atomic E-state index is 5.47. The number of ether oxygens (including phenoxy) is 2. The quantitative estimate of drug-likeness (QED) is 0.771. The lowest BCUT2D eigenvalue weighted by molar-refractivity contribution is -0.178. The van der Waals surface area contributed by atoms with E-state index in [1.807, 2.05) is 6.26 Å². The minimum atomic E-state index is -0.0193. The first-order valence-electron chi connectivity index (χ1n) is 5.12. The molecule has 0 N–H and O–H groups in total. The van der Waals surface area contributed by atoms with Crippen molar-refractivity contribution in [2.24, 2.45) is 0 Å². The van der Waals surface area contributed by atoms with Crippen molar-refractivity contribution in [1.82, 2.24) is 10.2 Å². The van der Waals surface area contributed by atoms with E-state index in [1.54, 1.807) is 34.9 Å². The Balaban J connectivity index is 1.66. The van der Waals surface area contributed by atoms with E-state index < -0.39 is 0 Å². The van der Waals surface area contributed by atoms with Crippen molar-refractivity contribution in [1.29, 1.82) is 0 Å². The molecule has 1 aromatic rings. The van der Waals surface area contributed by atoms with Crippen LogP contribution in [-0.2, 0) is 9.47 Å². The van der Waals surface area contributed by atoms with Crippen LogP contribution < -0.4 is 0 Å². The number of hydrogen-bond acceptors (Lipinski definition) is 7. The van der Waals surface area contributed by atoms with Gasteiger partial charge in [0.05, 0.1) is 13.2 Å². The number of hydrogen-bond donors (Lipinski definition) is 0. The van der Waals surface area contributed by atoms with E-state index in [2.05, 4.69) is 10.2 Å². The van der Waals surface area contributed by atoms with Gasteiger partial charge in [0.1, 0.15) is 0 Å². The molecule has 16 heavy (non-hydrogen) atoms. The summed E-state index contributed by atoms with van der Waals surface area (Å²) in [6.45, 7) is 1.65. The number of rotatable bonds is 5. The standard InChI is InChI=1S/C9H14N2O2S3/c1-14-8-10-11-9(16-8)15-6-3-7-12-4-2-5-13-7/h7H,2-6H2,1H3. The van der Waals surface area contributed by atoms with Crippen LogP contribution in [0.25, 0.3) is 0 Å². The fraction of sp³-hybridized carbons (Fsp3) is 0.778. The Morgan fingerprint density at radius 3 is 2.75 bits per heavy atom. The number of nitrogens with zero attached hydrogens (tertiary/aromatic N) is 2. The SMILES string of the molecule is CSc1nnc(SCCC2OCCCO2)s1. The monoisotopic (exact) mass is 278 g/mol. The van der Waals surface area contributed by atoms with Crippen LogP contribution in [0.15, 0.2) is 8.68 Å². The highest BCUT2D eigenvalue weighted by Crippen LogP contribution is 2.28. The van der Waals surface area contributed by atoms with Crippen molar-refractivity contribution in [3.63, 3.8) is 0 Å². The molecule has 0 amide bonds. The molecule has 0 spiro atoms. The Morgan fingerprint density at radius 1 is 1.31 bits per heavy atom. The van der Waals surface area contributed by atoms with Crippen LogP contribution in [0.5, 0.6) is 0 Å². The highest BCUT2D eigenvalue weighted by Gasteiger charge is 2.14. The van der Waals surface area contributed by atoms with Gasteiger partial charge in [-0.3, -0.25) is 0 Å². The van der Waals surface area contributed by atoms with Gasteiger partial charge < -0.3 is 9.47 Å². The second-order valence-corrected chi connectivity index (χ2v) is 6.57. The molecule has 1 saturated heterocycles. The molecule has 0 saturated carbocycles. The lowest BCUT2D eigenvalue weighted by Crippen LogP contribution is -2.25. The highest BCUT2D eigenvalue weighted by atomic mass is 32.2. The summed E-state index contributed by atoms with van der Waals surface area (Å²) < 4.78 is 13.0. The van der Waals surface area contributed by atoms with Gasteiger partial charge in [0.25, 0.3) is 0 Å². The third-order valence-corrected chi connectivity index (χ3v) is 5.10. The van der Waals surface area contributed by atoms with E-state index in [0.717, 1.165) is 40.5 Å². The molecule has 7 heteroatoms. The van der Waals surface area contributed by atoms with Crippen molar-refractivity contribution in [2.75, 3.05) is 25.2 Å². The van der Waals surface area contributed by atoms with Crippen LogP contribution in [-0.4, -0.2) is 41.7 Å². The molecule has 0 bridgehead atoms. The average molecular weight is 278 g/mol. The van der Waals surface area contributed by atoms with E-state index in [-0.39, 0.29) is 6.29 Å². The van der Waals surface area contributed by atoms with Crippen molar-refractivity contribution in [3.05, 3.63) is 0 Å². The molecule has 0 atom stereocenters. The third-order valence-electron chi connectivity index (χ3n) is 2.04. The van der Waals surface area contributed by atoms with Crippen molar-refractivity contribution in [2.45, 2.75) is 27.8 Å². The molecule has 0 unspecified atom stereocenters. The van der Waals surface area contributed by atoms with Crippen LogP contribution in [0.4, 0.5) is 0 Å². The van der Waals surface area contributed by atoms with E-state index in [0.29, 0.717) is 0 Å². The predicted octanol–water partition coefficient (Wildman–Crippen LogP) is 2.51. The van der Waals surface area contributed by atoms with Crippen LogP contribution in [0, 0.1) is 0 Å². The van der Waals surface area contributed by atoms with E-state index in [9.17, 15) is 0 Å². The molecule has 0 aliphatic carbocycles. The molecule has 1 aromatic heterocycles. The van der Waals surface area contributed by atoms with Crippen LogP contribution >= 0.6 is 34.9 Å². The fourth-order valence-electron chi connectivity index (χ4n) is 1.28. The number of thioether (sulfide) groups is 2. The van der Waals surface area contributed by atoms with Crippen LogP contribution in [0.2, 0.25) is 0 Å². The zero-order valence-corrected chi connectivity index (χ0v) is 11.5. The highest BCUT2D eigenvalue weighted by molar-refractivity contribution is 8.02. The molecular formula is C9H14N2O2S3. The minimum Gasteiger partial charge on any atom is -0.353 e. The molecule has 1 fully saturated rings. The van der Waals surface area contributed by atoms with Crippen LogP contribution in [0.1, 0.15) is 12.8 Å². The van der Waals surface area contributed by atoms with Crippen molar-refractivity contribution in [3.8, 4) is 0 Å². The van der Waals surface area contributed by atoms with E-state index in [1.165, 1.54) is 0 Å². The topological polar surface area (TPSA) is 44.2 Å². The molecule has 90 valence electrons. The van der Waals surface area contributed by atoms with Gasteiger partial charge in [0.2, 0.25) is 0 Å². The summed E-state index contributed by atoms with van der Waals surface area (Å²) in [7, 11) is 0. The molecule has 0 aromatic carbocycles. The zero-order chi connectivity index (χ0) is 11.2. The average Bonchev–Trinajstić information content (AvgIpc) is 2.78. The summed E-state index contributed by atoms with van der Waals surface area (Å²) in [6.07, 6.45) is 3.92. The fourth-order valence-corrected chi connectivity index (χ4v) is 3.75. The first kappa shape index (κ1) is 12.6. The third kappa shape index (κ3) is 3.89. The number of aromatic nitrogens is 2. The van der Waals surface area contributed by atoms with Crippen molar-refractivity contribution < 1.29 is 9.47 Å². The summed E-state index contributed by atoms with van der Waals surface area (Å²) >= 11 is 5.00. The summed E-state index contributed by atoms with van der Waals surface area (Å²) in [5.41, 5.74) is 0. The Morgan fingerprint density at radius 2 is 2.06 bits per heavy atom. The maximum absolute atomic E-state index is 5.47. The molecule has 2 heterocycles. The van der Waals surface area contributed by atoms with Gasteiger partial charge in [0.15, 0.2) is 15.0 Å². The molecule has 0 radical (unpaired) electrons. The second-order valence-electron chi connectivity index (χ2n) is 3.20. The van der Waals surface area contributed by atoms with Gasteiger partial charge >= 0.3 is 0 Å². The Labute approximate surface area is 108 Å². The predicted molar refractivity (Wildman–Crippen MR) is 67.3 cm³/mol. The second kappa shape index (κ2) is 6.80. The Hall–Kier alpha value is 0.180. The van der Waals surface area contributed by atoms with Gasteiger partial charge in [-0.25, -0.2) is 0 Å². The Bertz CT molecular complexity index is 315. The lowest BCUT2D eigenvalue weighted by Gasteiger charge is -2.22. The molecule has 4 nitrogen and oxygen atoms in total. The van der Waals surface area contributed by atoms with Gasteiger partial charge in [-0.15, -0.1) is 10.2 Å². The first-order chi connectivity index (χ1) is 7.88. The molecular weight excluding hydrogens is 264 g/mol. The smallest absolute Gasteiger partial charge is 0.175 e. The molecule has 2 rings (SSSR count). The van der Waals surface area contributed by atoms with Gasteiger partial charge in [-0.05, 0) is 12.7 Å². The summed E-state index contributed by atoms with van der Waals surface area (Å²) in [5, 5.41) is 8.15.